The summed E-state index contributed by atoms with van der Waals surface area (Å²) < 4.78 is 28.2. The van der Waals surface area contributed by atoms with Crippen molar-refractivity contribution in [1.82, 2.24) is 9.80 Å². The molecule has 0 radical (unpaired) electrons. The maximum absolute atomic E-state index is 14.3. The van der Waals surface area contributed by atoms with Crippen molar-refractivity contribution in [1.29, 1.82) is 0 Å². The summed E-state index contributed by atoms with van der Waals surface area (Å²) in [6.45, 7) is 13.0. The van der Waals surface area contributed by atoms with E-state index in [1.165, 1.54) is 12.1 Å². The van der Waals surface area contributed by atoms with E-state index in [9.17, 15) is 18.4 Å². The molecule has 1 aliphatic heterocycles. The number of benzene rings is 2. The minimum Gasteiger partial charge on any atom is -0.386 e. The third-order valence-electron chi connectivity index (χ3n) is 6.95. The molecular weight excluding hydrogens is 486 g/mol. The van der Waals surface area contributed by atoms with Crippen molar-refractivity contribution in [2.45, 2.75) is 46.6 Å². The summed E-state index contributed by atoms with van der Waals surface area (Å²) in [7, 11) is 3.67. The fourth-order valence-corrected chi connectivity index (χ4v) is 3.94. The number of carbonyl (C=O) groups excluding carboxylic acids is 2. The van der Waals surface area contributed by atoms with Gasteiger partial charge in [0.25, 0.3) is 0 Å². The first-order valence-electron chi connectivity index (χ1n) is 13.6. The van der Waals surface area contributed by atoms with Crippen LogP contribution in [-0.4, -0.2) is 75.7 Å². The van der Waals surface area contributed by atoms with Gasteiger partial charge in [-0.25, -0.2) is 8.78 Å². The molecule has 1 unspecified atom stereocenters. The Bertz CT molecular complexity index is 929. The van der Waals surface area contributed by atoms with Gasteiger partial charge >= 0.3 is 0 Å². The largest absolute Gasteiger partial charge is 0.386 e. The molecule has 2 aromatic carbocycles. The second-order valence-electron chi connectivity index (χ2n) is 9.25. The van der Waals surface area contributed by atoms with E-state index in [0.29, 0.717) is 32.1 Å². The van der Waals surface area contributed by atoms with E-state index in [0.717, 1.165) is 44.1 Å². The van der Waals surface area contributed by atoms with Gasteiger partial charge in [-0.1, -0.05) is 58.0 Å². The maximum atomic E-state index is 14.3. The molecule has 2 aromatic rings. The van der Waals surface area contributed by atoms with E-state index < -0.39 is 11.6 Å². The fourth-order valence-electron chi connectivity index (χ4n) is 3.94. The molecule has 1 heterocycles. The molecule has 0 amide bonds. The summed E-state index contributed by atoms with van der Waals surface area (Å²) in [5.41, 5.74) is 1.35. The highest BCUT2D eigenvalue weighted by Crippen LogP contribution is 2.28. The van der Waals surface area contributed by atoms with E-state index in [4.69, 9.17) is 0 Å². The van der Waals surface area contributed by atoms with Crippen LogP contribution in [0.4, 0.5) is 20.2 Å². The summed E-state index contributed by atoms with van der Waals surface area (Å²) in [4.78, 5) is 27.7. The zero-order valence-corrected chi connectivity index (χ0v) is 23.9. The zero-order chi connectivity index (χ0) is 28.5. The van der Waals surface area contributed by atoms with Crippen LogP contribution >= 0.6 is 0 Å². The van der Waals surface area contributed by atoms with Crippen molar-refractivity contribution in [2.75, 3.05) is 63.6 Å². The molecule has 1 N–H and O–H groups in total. The Balaban J connectivity index is 0.000000461. The number of carbonyl (C=O) groups is 2. The number of hydrogen-bond donors (Lipinski definition) is 1. The minimum atomic E-state index is -0.476. The summed E-state index contributed by atoms with van der Waals surface area (Å²) >= 11 is 0. The van der Waals surface area contributed by atoms with Crippen molar-refractivity contribution < 1.29 is 18.4 Å². The number of hydrogen-bond acceptors (Lipinski definition) is 6. The van der Waals surface area contributed by atoms with Crippen molar-refractivity contribution in [3.8, 4) is 0 Å². The van der Waals surface area contributed by atoms with Gasteiger partial charge < -0.3 is 24.7 Å². The lowest BCUT2D eigenvalue weighted by molar-refractivity contribution is -0.113. The summed E-state index contributed by atoms with van der Waals surface area (Å²) in [6.07, 6.45) is 3.94. The van der Waals surface area contributed by atoms with Gasteiger partial charge in [0.1, 0.15) is 24.2 Å². The first-order chi connectivity index (χ1) is 18.3. The van der Waals surface area contributed by atoms with E-state index in [1.54, 1.807) is 7.05 Å². The Kier molecular flexibility index (Phi) is 16.1. The predicted molar refractivity (Wildman–Crippen MR) is 154 cm³/mol. The third-order valence-corrected chi connectivity index (χ3v) is 6.95. The van der Waals surface area contributed by atoms with Crippen molar-refractivity contribution in [3.05, 3.63) is 59.7 Å². The van der Waals surface area contributed by atoms with Gasteiger partial charge in [0, 0.05) is 51.3 Å². The predicted octanol–water partition coefficient (Wildman–Crippen LogP) is 5.65. The molecule has 6 nitrogen and oxygen atoms in total. The maximum Gasteiger partial charge on any atom is 0.148 e. The van der Waals surface area contributed by atoms with Crippen LogP contribution in [0.25, 0.3) is 0 Å². The number of halogens is 2. The molecule has 38 heavy (non-hydrogen) atoms. The lowest BCUT2D eigenvalue weighted by atomic mass is 10.1. The average molecular weight is 533 g/mol. The Labute approximate surface area is 228 Å². The van der Waals surface area contributed by atoms with Crippen LogP contribution in [0.3, 0.4) is 0 Å². The SMILES string of the molecule is CCC(C=O)CC.CCN(C)CC.CNc1cc(F)c(N2CCN(C(C=O)c3ccccc3)CC2)cc1F. The summed E-state index contributed by atoms with van der Waals surface area (Å²) in [6, 6.07) is 11.7. The molecule has 0 aromatic heterocycles. The van der Waals surface area contributed by atoms with E-state index in [2.05, 4.69) is 36.0 Å². The highest BCUT2D eigenvalue weighted by molar-refractivity contribution is 5.62. The number of aldehydes is 2. The highest BCUT2D eigenvalue weighted by Gasteiger charge is 2.26. The van der Waals surface area contributed by atoms with Crippen LogP contribution in [0.1, 0.15) is 52.1 Å². The lowest BCUT2D eigenvalue weighted by Gasteiger charge is -2.38. The van der Waals surface area contributed by atoms with Gasteiger partial charge in [-0.05, 0) is 38.5 Å². The van der Waals surface area contributed by atoms with Crippen LogP contribution in [0.15, 0.2) is 42.5 Å². The fraction of sp³-hybridized carbons (Fsp3) is 0.533. The Hall–Kier alpha value is -2.84. The van der Waals surface area contributed by atoms with Crippen LogP contribution < -0.4 is 10.2 Å². The molecule has 1 saturated heterocycles. The van der Waals surface area contributed by atoms with Crippen molar-refractivity contribution in [2.24, 2.45) is 5.92 Å². The molecule has 8 heteroatoms. The van der Waals surface area contributed by atoms with Gasteiger partial charge in [0.05, 0.1) is 17.4 Å². The molecular formula is C30H46F2N4O2. The topological polar surface area (TPSA) is 55.9 Å². The number of piperazine rings is 1. The normalized spacial score (nSPS) is 14.2. The highest BCUT2D eigenvalue weighted by atomic mass is 19.1. The monoisotopic (exact) mass is 532 g/mol. The molecule has 0 aliphatic carbocycles. The van der Waals surface area contributed by atoms with Crippen LogP contribution in [0.2, 0.25) is 0 Å². The van der Waals surface area contributed by atoms with E-state index in [1.807, 2.05) is 49.1 Å². The van der Waals surface area contributed by atoms with Gasteiger partial charge in [-0.15, -0.1) is 0 Å². The van der Waals surface area contributed by atoms with E-state index in [-0.39, 0.29) is 17.4 Å². The van der Waals surface area contributed by atoms with Gasteiger partial charge in [0.2, 0.25) is 0 Å². The first kappa shape index (κ1) is 33.2. The molecule has 1 atom stereocenters. The number of anilines is 2. The standard InChI is InChI=1S/C19H21F2N3O.C6H12O.C5H13N/c1-22-17-11-16(21)18(12-15(17)20)23-7-9-24(10-8-23)19(13-25)14-5-3-2-4-6-14;1-3-6(4-2)5-7;1-4-6(3)5-2/h2-6,11-13,19,22H,7-10H2,1H3;5-6H,3-4H2,1-2H3;4-5H2,1-3H3. The zero-order valence-electron chi connectivity index (χ0n) is 23.9. The van der Waals surface area contributed by atoms with Crippen molar-refractivity contribution >= 4 is 23.9 Å². The molecule has 0 saturated carbocycles. The van der Waals surface area contributed by atoms with Gasteiger partial charge in [0.15, 0.2) is 0 Å². The van der Waals surface area contributed by atoms with Crippen LogP contribution in [-0.2, 0) is 9.59 Å². The third kappa shape index (κ3) is 10.5. The van der Waals surface area contributed by atoms with E-state index >= 15 is 0 Å². The minimum absolute atomic E-state index is 0.144. The van der Waals surface area contributed by atoms with Crippen molar-refractivity contribution in [3.63, 3.8) is 0 Å². The second-order valence-corrected chi connectivity index (χ2v) is 9.25. The number of nitrogens with zero attached hydrogens (tertiary/aromatic N) is 3. The smallest absolute Gasteiger partial charge is 0.148 e. The molecule has 1 aliphatic rings. The quantitative estimate of drug-likeness (QED) is 0.399. The molecule has 3 rings (SSSR count). The molecule has 1 fully saturated rings. The molecule has 0 spiro atoms. The number of nitrogens with one attached hydrogen (secondary N) is 1. The Morgan fingerprint density at radius 3 is 1.87 bits per heavy atom. The second kappa shape index (κ2) is 18.4. The average Bonchev–Trinajstić information content (AvgIpc) is 2.96. The first-order valence-corrected chi connectivity index (χ1v) is 13.6. The molecule has 0 bridgehead atoms. The Morgan fingerprint density at radius 1 is 0.895 bits per heavy atom. The number of rotatable bonds is 10. The molecule has 212 valence electrons. The lowest BCUT2D eigenvalue weighted by Crippen LogP contribution is -2.48. The van der Waals surface area contributed by atoms with Crippen LogP contribution in [0, 0.1) is 17.6 Å². The summed E-state index contributed by atoms with van der Waals surface area (Å²) in [5, 5.41) is 2.63. The van der Waals surface area contributed by atoms with Gasteiger partial charge in [-0.3, -0.25) is 4.90 Å². The van der Waals surface area contributed by atoms with Gasteiger partial charge in [-0.2, -0.15) is 0 Å². The van der Waals surface area contributed by atoms with Crippen LogP contribution in [0.5, 0.6) is 0 Å². The summed E-state index contributed by atoms with van der Waals surface area (Å²) in [5.74, 6) is -0.620. The Morgan fingerprint density at radius 2 is 1.47 bits per heavy atom.